The average Bonchev–Trinajstić information content (AvgIpc) is 2.85. The van der Waals surface area contributed by atoms with Gasteiger partial charge in [0, 0.05) is 22.5 Å². The van der Waals surface area contributed by atoms with Crippen LogP contribution < -0.4 is 0 Å². The molecule has 0 amide bonds. The van der Waals surface area contributed by atoms with Gasteiger partial charge >= 0.3 is 0 Å². The fourth-order valence-corrected chi connectivity index (χ4v) is 3.29. The molecule has 0 spiro atoms. The van der Waals surface area contributed by atoms with Crippen molar-refractivity contribution in [1.29, 1.82) is 0 Å². The fourth-order valence-electron chi connectivity index (χ4n) is 2.59. The van der Waals surface area contributed by atoms with E-state index in [2.05, 4.69) is 40.9 Å². The molecule has 0 fully saturated rings. The number of fused-ring (bicyclic) bond motifs is 1. The molecular formula is C15H17N3S. The number of rotatable bonds is 2. The largest absolute Gasteiger partial charge is 0.345 e. The number of nitrogens with one attached hydrogen (secondary N) is 1. The highest BCUT2D eigenvalue weighted by Gasteiger charge is 2.18. The van der Waals surface area contributed by atoms with Crippen molar-refractivity contribution in [1.82, 2.24) is 15.0 Å². The van der Waals surface area contributed by atoms with E-state index in [-0.39, 0.29) is 0 Å². The first-order valence-corrected chi connectivity index (χ1v) is 7.35. The van der Waals surface area contributed by atoms with Crippen molar-refractivity contribution in [2.24, 2.45) is 0 Å². The molecule has 0 saturated heterocycles. The van der Waals surface area contributed by atoms with E-state index < -0.39 is 0 Å². The summed E-state index contributed by atoms with van der Waals surface area (Å²) < 4.78 is 0. The van der Waals surface area contributed by atoms with Gasteiger partial charge < -0.3 is 4.98 Å². The van der Waals surface area contributed by atoms with E-state index in [1.807, 2.05) is 19.4 Å². The van der Waals surface area contributed by atoms with E-state index in [1.54, 1.807) is 11.3 Å². The van der Waals surface area contributed by atoms with Gasteiger partial charge in [-0.1, -0.05) is 13.8 Å². The normalized spacial score (nSPS) is 11.6. The maximum Gasteiger partial charge on any atom is 0.121 e. The molecule has 98 valence electrons. The molecule has 0 aliphatic carbocycles. The monoisotopic (exact) mass is 271 g/mol. The van der Waals surface area contributed by atoms with Gasteiger partial charge in [0.2, 0.25) is 0 Å². The molecule has 3 nitrogen and oxygen atoms in total. The first-order chi connectivity index (χ1) is 9.06. The average molecular weight is 271 g/mol. The van der Waals surface area contributed by atoms with Crippen LogP contribution in [0.4, 0.5) is 0 Å². The molecule has 19 heavy (non-hydrogen) atoms. The molecule has 1 N–H and O–H groups in total. The number of pyridine rings is 1. The summed E-state index contributed by atoms with van der Waals surface area (Å²) in [5.74, 6) is 0.444. The van der Waals surface area contributed by atoms with E-state index in [0.29, 0.717) is 5.92 Å². The molecule has 0 radical (unpaired) electrons. The summed E-state index contributed by atoms with van der Waals surface area (Å²) in [6.45, 7) is 8.50. The van der Waals surface area contributed by atoms with Crippen molar-refractivity contribution >= 4 is 21.7 Å². The van der Waals surface area contributed by atoms with Crippen LogP contribution in [-0.4, -0.2) is 15.0 Å². The quantitative estimate of drug-likeness (QED) is 0.749. The second-order valence-corrected chi connectivity index (χ2v) is 6.09. The van der Waals surface area contributed by atoms with Crippen LogP contribution in [0.15, 0.2) is 17.6 Å². The third-order valence-electron chi connectivity index (χ3n) is 3.28. The minimum absolute atomic E-state index is 0.444. The van der Waals surface area contributed by atoms with Crippen LogP contribution >= 0.6 is 11.3 Å². The minimum atomic E-state index is 0.444. The number of H-pyrrole nitrogens is 1. The lowest BCUT2D eigenvalue weighted by Gasteiger charge is -2.09. The topological polar surface area (TPSA) is 41.6 Å². The molecule has 0 atom stereocenters. The third-order valence-corrected chi connectivity index (χ3v) is 4.02. The van der Waals surface area contributed by atoms with Gasteiger partial charge in [-0.25, -0.2) is 4.98 Å². The molecule has 3 rings (SSSR count). The lowest BCUT2D eigenvalue weighted by atomic mass is 9.98. The Bertz CT molecular complexity index is 717. The van der Waals surface area contributed by atoms with E-state index in [9.17, 15) is 0 Å². The number of nitrogens with zero attached hydrogens (tertiary/aromatic N) is 2. The van der Waals surface area contributed by atoms with Crippen molar-refractivity contribution in [2.75, 3.05) is 0 Å². The van der Waals surface area contributed by atoms with Gasteiger partial charge in [-0.05, 0) is 31.9 Å². The van der Waals surface area contributed by atoms with Gasteiger partial charge in [0.05, 0.1) is 11.2 Å². The third kappa shape index (κ3) is 2.06. The first-order valence-electron chi connectivity index (χ1n) is 6.47. The Morgan fingerprint density at radius 2 is 1.84 bits per heavy atom. The highest BCUT2D eigenvalue weighted by atomic mass is 32.1. The molecule has 3 aromatic heterocycles. The summed E-state index contributed by atoms with van der Waals surface area (Å²) in [6, 6.07) is 4.27. The summed E-state index contributed by atoms with van der Waals surface area (Å²) in [5, 5.41) is 0. The lowest BCUT2D eigenvalue weighted by molar-refractivity contribution is 0.875. The van der Waals surface area contributed by atoms with Gasteiger partial charge in [0.15, 0.2) is 0 Å². The van der Waals surface area contributed by atoms with Crippen LogP contribution in [0.5, 0.6) is 0 Å². The van der Waals surface area contributed by atoms with Crippen molar-refractivity contribution in [3.05, 3.63) is 34.6 Å². The number of hydrogen-bond donors (Lipinski definition) is 1. The van der Waals surface area contributed by atoms with Crippen LogP contribution in [0.3, 0.4) is 0 Å². The maximum atomic E-state index is 4.50. The molecule has 3 heterocycles. The number of aromatic nitrogens is 3. The Labute approximate surface area is 116 Å². The highest BCUT2D eigenvalue weighted by Crippen LogP contribution is 2.36. The van der Waals surface area contributed by atoms with E-state index in [1.165, 1.54) is 16.8 Å². The molecular weight excluding hydrogens is 254 g/mol. The Morgan fingerprint density at radius 1 is 1.16 bits per heavy atom. The second kappa shape index (κ2) is 4.46. The zero-order chi connectivity index (χ0) is 13.6. The van der Waals surface area contributed by atoms with Crippen molar-refractivity contribution in [3.63, 3.8) is 0 Å². The van der Waals surface area contributed by atoms with Gasteiger partial charge in [-0.2, -0.15) is 0 Å². The van der Waals surface area contributed by atoms with Crippen LogP contribution in [-0.2, 0) is 0 Å². The summed E-state index contributed by atoms with van der Waals surface area (Å²) in [4.78, 5) is 13.6. The highest BCUT2D eigenvalue weighted by molar-refractivity contribution is 7.16. The molecule has 0 aliphatic rings. The van der Waals surface area contributed by atoms with Gasteiger partial charge in [-0.15, -0.1) is 11.3 Å². The summed E-state index contributed by atoms with van der Waals surface area (Å²) >= 11 is 1.66. The Morgan fingerprint density at radius 3 is 2.47 bits per heavy atom. The number of thiazole rings is 1. The number of hydrogen-bond acceptors (Lipinski definition) is 3. The molecule has 0 unspecified atom stereocenters. The van der Waals surface area contributed by atoms with Crippen LogP contribution in [0.2, 0.25) is 0 Å². The van der Waals surface area contributed by atoms with Crippen LogP contribution in [0, 0.1) is 13.8 Å². The van der Waals surface area contributed by atoms with Crippen molar-refractivity contribution in [3.8, 4) is 11.3 Å². The molecule has 0 saturated carbocycles. The van der Waals surface area contributed by atoms with Gasteiger partial charge in [0.1, 0.15) is 10.3 Å². The van der Waals surface area contributed by atoms with Gasteiger partial charge in [-0.3, -0.25) is 4.98 Å². The number of aryl methyl sites for hydroxylation is 2. The lowest BCUT2D eigenvalue weighted by Crippen LogP contribution is -1.93. The maximum absolute atomic E-state index is 4.50. The zero-order valence-corrected chi connectivity index (χ0v) is 12.4. The Balaban J connectivity index is 2.29. The second-order valence-electron chi connectivity index (χ2n) is 5.24. The summed E-state index contributed by atoms with van der Waals surface area (Å²) in [5.41, 5.74) is 8.83. The zero-order valence-electron chi connectivity index (χ0n) is 11.6. The minimum Gasteiger partial charge on any atom is -0.345 e. The predicted molar refractivity (Wildman–Crippen MR) is 80.8 cm³/mol. The molecule has 4 heteroatoms. The van der Waals surface area contributed by atoms with Crippen molar-refractivity contribution in [2.45, 2.75) is 33.6 Å². The van der Waals surface area contributed by atoms with Crippen LogP contribution in [0.25, 0.3) is 21.6 Å². The summed E-state index contributed by atoms with van der Waals surface area (Å²) in [7, 11) is 0. The molecule has 0 aromatic carbocycles. The standard InChI is InChI=1S/C15H17N3S/c1-8(2)12-13(18-15-14(12)16-7-19-15)11-5-9(3)17-10(4)6-11/h5-8,18H,1-4H3. The van der Waals surface area contributed by atoms with Gasteiger partial charge in [0.25, 0.3) is 0 Å². The van der Waals surface area contributed by atoms with Crippen LogP contribution in [0.1, 0.15) is 36.7 Å². The Kier molecular flexibility index (Phi) is 2.90. The molecule has 0 bridgehead atoms. The fraction of sp³-hybridized carbons (Fsp3) is 0.333. The Hall–Kier alpha value is -1.68. The smallest absolute Gasteiger partial charge is 0.121 e. The first kappa shape index (κ1) is 12.4. The molecule has 0 aliphatic heterocycles. The SMILES string of the molecule is Cc1cc(-c2[nH]c3scnc3c2C(C)C)cc(C)n1. The predicted octanol–water partition coefficient (Wildman–Crippen LogP) is 4.43. The van der Waals surface area contributed by atoms with E-state index >= 15 is 0 Å². The summed E-state index contributed by atoms with van der Waals surface area (Å²) in [6.07, 6.45) is 0. The van der Waals surface area contributed by atoms with E-state index in [0.717, 1.165) is 21.7 Å². The van der Waals surface area contributed by atoms with E-state index in [4.69, 9.17) is 0 Å². The number of aromatic amines is 1. The molecule has 3 aromatic rings. The van der Waals surface area contributed by atoms with Crippen molar-refractivity contribution < 1.29 is 0 Å².